The number of hydrogen-bond acceptors (Lipinski definition) is 3. The van der Waals surface area contributed by atoms with Crippen LogP contribution in [0.1, 0.15) is 31.2 Å². The van der Waals surface area contributed by atoms with Crippen LogP contribution in [0.4, 0.5) is 4.39 Å². The molecule has 0 aliphatic heterocycles. The first kappa shape index (κ1) is 15.3. The Morgan fingerprint density at radius 3 is 2.45 bits per heavy atom. The fourth-order valence-corrected chi connectivity index (χ4v) is 3.33. The van der Waals surface area contributed by atoms with Gasteiger partial charge in [0.15, 0.2) is 11.6 Å². The Labute approximate surface area is 119 Å². The van der Waals surface area contributed by atoms with E-state index in [2.05, 4.69) is 0 Å². The molecule has 2 N–H and O–H groups in total. The van der Waals surface area contributed by atoms with Gasteiger partial charge in [0.25, 0.3) is 0 Å². The molecule has 1 aliphatic carbocycles. The first-order valence-corrected chi connectivity index (χ1v) is 7.20. The third-order valence-electron chi connectivity index (χ3n) is 4.66. The van der Waals surface area contributed by atoms with Crippen LogP contribution >= 0.6 is 0 Å². The molecule has 0 heterocycles. The van der Waals surface area contributed by atoms with E-state index in [9.17, 15) is 14.6 Å². The Bertz CT molecular complexity index is 437. The predicted octanol–water partition coefficient (Wildman–Crippen LogP) is 2.54. The second-order valence-corrected chi connectivity index (χ2v) is 5.77. The first-order valence-electron chi connectivity index (χ1n) is 7.20. The summed E-state index contributed by atoms with van der Waals surface area (Å²) < 4.78 is 19.3. The maximum atomic E-state index is 14.3. The number of halogens is 1. The standard InChI is InChI=1S/C16H23FO3/c1-20-14-8-4-5-12(15(14)17)9-16(10-18,11-19)13-6-2-3-7-13/h4-5,8,13,18-19H,2-3,6-7,9-11H2,1H3. The first-order chi connectivity index (χ1) is 9.66. The quantitative estimate of drug-likeness (QED) is 0.843. The van der Waals surface area contributed by atoms with Crippen molar-refractivity contribution in [2.24, 2.45) is 11.3 Å². The van der Waals surface area contributed by atoms with E-state index >= 15 is 0 Å². The fourth-order valence-electron chi connectivity index (χ4n) is 3.33. The Balaban J connectivity index is 2.28. The molecule has 1 aliphatic rings. The lowest BCUT2D eigenvalue weighted by Crippen LogP contribution is -2.39. The molecule has 0 bridgehead atoms. The highest BCUT2D eigenvalue weighted by Crippen LogP contribution is 2.42. The third-order valence-corrected chi connectivity index (χ3v) is 4.66. The van der Waals surface area contributed by atoms with Crippen LogP contribution in [0.2, 0.25) is 0 Å². The normalized spacial score (nSPS) is 16.6. The molecule has 1 aromatic carbocycles. The van der Waals surface area contributed by atoms with Crippen LogP contribution in [-0.4, -0.2) is 30.5 Å². The topological polar surface area (TPSA) is 49.7 Å². The molecule has 0 saturated heterocycles. The Morgan fingerprint density at radius 2 is 1.90 bits per heavy atom. The van der Waals surface area contributed by atoms with Gasteiger partial charge in [-0.15, -0.1) is 0 Å². The van der Waals surface area contributed by atoms with E-state index in [0.29, 0.717) is 12.0 Å². The molecule has 0 unspecified atom stereocenters. The highest BCUT2D eigenvalue weighted by molar-refractivity contribution is 5.32. The van der Waals surface area contributed by atoms with Crippen molar-refractivity contribution in [2.45, 2.75) is 32.1 Å². The Hall–Kier alpha value is -1.13. The summed E-state index contributed by atoms with van der Waals surface area (Å²) in [5.74, 6) is 0.0704. The summed E-state index contributed by atoms with van der Waals surface area (Å²) in [4.78, 5) is 0. The molecule has 1 saturated carbocycles. The van der Waals surface area contributed by atoms with Gasteiger partial charge in [0.2, 0.25) is 0 Å². The monoisotopic (exact) mass is 282 g/mol. The summed E-state index contributed by atoms with van der Waals surface area (Å²) in [6, 6.07) is 5.02. The molecule has 0 atom stereocenters. The second-order valence-electron chi connectivity index (χ2n) is 5.77. The molecular weight excluding hydrogens is 259 g/mol. The van der Waals surface area contributed by atoms with Crippen LogP contribution in [0.3, 0.4) is 0 Å². The number of benzene rings is 1. The molecule has 0 aromatic heterocycles. The zero-order valence-electron chi connectivity index (χ0n) is 11.9. The number of methoxy groups -OCH3 is 1. The Morgan fingerprint density at radius 1 is 1.25 bits per heavy atom. The second kappa shape index (κ2) is 6.55. The maximum absolute atomic E-state index is 14.3. The van der Waals surface area contributed by atoms with Crippen LogP contribution in [-0.2, 0) is 6.42 Å². The van der Waals surface area contributed by atoms with Gasteiger partial charge in [0.05, 0.1) is 20.3 Å². The average Bonchev–Trinajstić information content (AvgIpc) is 3.01. The van der Waals surface area contributed by atoms with Gasteiger partial charge >= 0.3 is 0 Å². The molecule has 0 spiro atoms. The molecule has 4 heteroatoms. The number of hydrogen-bond donors (Lipinski definition) is 2. The summed E-state index contributed by atoms with van der Waals surface area (Å²) in [6.45, 7) is -0.240. The molecule has 1 fully saturated rings. The van der Waals surface area contributed by atoms with Gasteiger partial charge in [0.1, 0.15) is 0 Å². The molecule has 0 radical (unpaired) electrons. The Kier molecular flexibility index (Phi) is 5.00. The minimum Gasteiger partial charge on any atom is -0.494 e. The fraction of sp³-hybridized carbons (Fsp3) is 0.625. The third kappa shape index (κ3) is 2.81. The van der Waals surface area contributed by atoms with E-state index in [0.717, 1.165) is 25.7 Å². The van der Waals surface area contributed by atoms with Crippen molar-refractivity contribution in [3.8, 4) is 5.75 Å². The number of ether oxygens (including phenoxy) is 1. The van der Waals surface area contributed by atoms with Crippen molar-refractivity contribution in [3.05, 3.63) is 29.6 Å². The van der Waals surface area contributed by atoms with Crippen molar-refractivity contribution in [2.75, 3.05) is 20.3 Å². The van der Waals surface area contributed by atoms with Crippen molar-refractivity contribution in [3.63, 3.8) is 0 Å². The van der Waals surface area contributed by atoms with E-state index in [-0.39, 0.29) is 30.7 Å². The van der Waals surface area contributed by atoms with E-state index in [4.69, 9.17) is 4.74 Å². The van der Waals surface area contributed by atoms with Gasteiger partial charge in [-0.2, -0.15) is 0 Å². The summed E-state index contributed by atoms with van der Waals surface area (Å²) in [7, 11) is 1.44. The van der Waals surface area contributed by atoms with Gasteiger partial charge in [0, 0.05) is 5.41 Å². The lowest BCUT2D eigenvalue weighted by molar-refractivity contribution is 0.00506. The molecule has 3 nitrogen and oxygen atoms in total. The molecule has 2 rings (SSSR count). The van der Waals surface area contributed by atoms with Crippen molar-refractivity contribution >= 4 is 0 Å². The van der Waals surface area contributed by atoms with E-state index in [1.165, 1.54) is 7.11 Å². The predicted molar refractivity (Wildman–Crippen MR) is 75.2 cm³/mol. The number of aliphatic hydroxyl groups excluding tert-OH is 2. The lowest BCUT2D eigenvalue weighted by atomic mass is 9.71. The highest BCUT2D eigenvalue weighted by Gasteiger charge is 2.40. The van der Waals surface area contributed by atoms with Crippen LogP contribution in [0.15, 0.2) is 18.2 Å². The van der Waals surface area contributed by atoms with Gasteiger partial charge in [-0.25, -0.2) is 4.39 Å². The summed E-state index contributed by atoms with van der Waals surface area (Å²) in [5.41, 5.74) is -0.136. The number of aliphatic hydroxyl groups is 2. The van der Waals surface area contributed by atoms with E-state index in [1.807, 2.05) is 0 Å². The van der Waals surface area contributed by atoms with E-state index in [1.54, 1.807) is 18.2 Å². The minimum absolute atomic E-state index is 0.120. The zero-order chi connectivity index (χ0) is 14.6. The average molecular weight is 282 g/mol. The van der Waals surface area contributed by atoms with Crippen molar-refractivity contribution < 1.29 is 19.3 Å². The minimum atomic E-state index is -0.635. The van der Waals surface area contributed by atoms with Crippen molar-refractivity contribution in [1.82, 2.24) is 0 Å². The smallest absolute Gasteiger partial charge is 0.168 e. The number of rotatable bonds is 6. The summed E-state index contributed by atoms with van der Waals surface area (Å²) >= 11 is 0. The van der Waals surface area contributed by atoms with Gasteiger partial charge in [-0.05, 0) is 36.8 Å². The van der Waals surface area contributed by atoms with Crippen LogP contribution in [0.25, 0.3) is 0 Å². The molecule has 112 valence electrons. The van der Waals surface area contributed by atoms with Crippen molar-refractivity contribution in [1.29, 1.82) is 0 Å². The zero-order valence-corrected chi connectivity index (χ0v) is 11.9. The lowest BCUT2D eigenvalue weighted by Gasteiger charge is -2.36. The van der Waals surface area contributed by atoms with Gasteiger partial charge in [-0.1, -0.05) is 25.0 Å². The van der Waals surface area contributed by atoms with Gasteiger partial charge < -0.3 is 14.9 Å². The molecule has 20 heavy (non-hydrogen) atoms. The molecular formula is C16H23FO3. The van der Waals surface area contributed by atoms with Crippen LogP contribution in [0.5, 0.6) is 5.75 Å². The largest absolute Gasteiger partial charge is 0.494 e. The van der Waals surface area contributed by atoms with Crippen LogP contribution < -0.4 is 4.74 Å². The van der Waals surface area contributed by atoms with E-state index < -0.39 is 5.41 Å². The SMILES string of the molecule is COc1cccc(CC(CO)(CO)C2CCCC2)c1F. The molecule has 1 aromatic rings. The molecule has 0 amide bonds. The highest BCUT2D eigenvalue weighted by atomic mass is 19.1. The van der Waals surface area contributed by atoms with Crippen LogP contribution in [0, 0.1) is 17.2 Å². The maximum Gasteiger partial charge on any atom is 0.168 e. The van der Waals surface area contributed by atoms with Gasteiger partial charge in [-0.3, -0.25) is 0 Å². The summed E-state index contributed by atoms with van der Waals surface area (Å²) in [5, 5.41) is 19.6. The summed E-state index contributed by atoms with van der Waals surface area (Å²) in [6.07, 6.45) is 4.56.